The van der Waals surface area contributed by atoms with Gasteiger partial charge in [-0.3, -0.25) is 0 Å². The van der Waals surface area contributed by atoms with Gasteiger partial charge in [-0.2, -0.15) is 0 Å². The number of halogens is 2. The Labute approximate surface area is 102 Å². The smallest absolute Gasteiger partial charge is 0.0948 e. The van der Waals surface area contributed by atoms with Crippen LogP contribution in [-0.2, 0) is 4.74 Å². The number of aliphatic hydroxyl groups excluding tert-OH is 1. The second-order valence-electron chi connectivity index (χ2n) is 2.99. The van der Waals surface area contributed by atoms with Crippen molar-refractivity contribution in [3.63, 3.8) is 0 Å². The van der Waals surface area contributed by atoms with Crippen molar-refractivity contribution in [1.29, 1.82) is 0 Å². The second-order valence-corrected chi connectivity index (χ2v) is 4.25. The van der Waals surface area contributed by atoms with E-state index < -0.39 is 0 Å². The van der Waals surface area contributed by atoms with Gasteiger partial charge >= 0.3 is 0 Å². The molecule has 84 valence electrons. The zero-order valence-corrected chi connectivity index (χ0v) is 10.5. The molecule has 0 saturated carbocycles. The molecule has 3 nitrogen and oxygen atoms in total. The molecule has 3 N–H and O–H groups in total. The minimum absolute atomic E-state index is 0.0131. The first-order valence-electron chi connectivity index (χ1n) is 4.56. The quantitative estimate of drug-likeness (QED) is 0.874. The lowest BCUT2D eigenvalue weighted by atomic mass is 10.1. The van der Waals surface area contributed by atoms with E-state index in [1.807, 2.05) is 12.1 Å². The van der Waals surface area contributed by atoms with E-state index in [0.717, 1.165) is 10.0 Å². The van der Waals surface area contributed by atoms with Crippen molar-refractivity contribution in [3.05, 3.63) is 33.3 Å². The maximum absolute atomic E-state index is 8.66. The molecule has 1 unspecified atom stereocenters. The van der Waals surface area contributed by atoms with Crippen LogP contribution in [0.15, 0.2) is 22.7 Å². The van der Waals surface area contributed by atoms with Crippen molar-refractivity contribution >= 4 is 27.5 Å². The van der Waals surface area contributed by atoms with Crippen LogP contribution >= 0.6 is 27.5 Å². The van der Waals surface area contributed by atoms with Gasteiger partial charge in [-0.05, 0) is 33.6 Å². The second kappa shape index (κ2) is 6.45. The first-order valence-corrected chi connectivity index (χ1v) is 5.73. The van der Waals surface area contributed by atoms with E-state index >= 15 is 0 Å². The Morgan fingerprint density at radius 1 is 1.53 bits per heavy atom. The first-order chi connectivity index (χ1) is 7.19. The minimum atomic E-state index is -0.220. The van der Waals surface area contributed by atoms with Crippen LogP contribution in [0, 0.1) is 0 Å². The Kier molecular flexibility index (Phi) is 5.56. The number of hydrogen-bond acceptors (Lipinski definition) is 3. The van der Waals surface area contributed by atoms with E-state index in [9.17, 15) is 0 Å². The zero-order valence-electron chi connectivity index (χ0n) is 8.12. The van der Waals surface area contributed by atoms with E-state index in [4.69, 9.17) is 27.2 Å². The van der Waals surface area contributed by atoms with Gasteiger partial charge in [0.2, 0.25) is 0 Å². The van der Waals surface area contributed by atoms with Gasteiger partial charge < -0.3 is 15.6 Å². The molecule has 1 aromatic rings. The summed E-state index contributed by atoms with van der Waals surface area (Å²) in [4.78, 5) is 0. The summed E-state index contributed by atoms with van der Waals surface area (Å²) >= 11 is 9.27. The maximum atomic E-state index is 8.66. The molecule has 1 aromatic carbocycles. The molecule has 0 radical (unpaired) electrons. The topological polar surface area (TPSA) is 55.5 Å². The van der Waals surface area contributed by atoms with E-state index in [2.05, 4.69) is 15.9 Å². The Bertz CT molecular complexity index is 322. The van der Waals surface area contributed by atoms with Gasteiger partial charge in [0, 0.05) is 11.0 Å². The highest BCUT2D eigenvalue weighted by molar-refractivity contribution is 9.10. The van der Waals surface area contributed by atoms with Gasteiger partial charge in [0.15, 0.2) is 0 Å². The summed E-state index contributed by atoms with van der Waals surface area (Å²) in [6.45, 7) is 0.619. The first kappa shape index (κ1) is 12.9. The molecule has 1 rings (SSSR count). The summed E-state index contributed by atoms with van der Waals surface area (Å²) in [6, 6.07) is 5.55. The Balaban J connectivity index is 2.78. The van der Waals surface area contributed by atoms with Crippen LogP contribution < -0.4 is 5.73 Å². The molecule has 0 bridgehead atoms. The van der Waals surface area contributed by atoms with Crippen LogP contribution in [0.3, 0.4) is 0 Å². The highest BCUT2D eigenvalue weighted by Gasteiger charge is 2.11. The lowest BCUT2D eigenvalue weighted by Crippen LogP contribution is -2.17. The molecular weight excluding hydrogens is 281 g/mol. The van der Waals surface area contributed by atoms with E-state index in [1.54, 1.807) is 6.07 Å². The van der Waals surface area contributed by atoms with Crippen LogP contribution in [0.25, 0.3) is 0 Å². The van der Waals surface area contributed by atoms with Crippen molar-refractivity contribution in [2.24, 2.45) is 5.73 Å². The Hall–Kier alpha value is -0.130. The maximum Gasteiger partial charge on any atom is 0.0948 e. The molecular formula is C10H13BrClNO2. The van der Waals surface area contributed by atoms with E-state index in [1.165, 1.54) is 0 Å². The van der Waals surface area contributed by atoms with Gasteiger partial charge in [-0.25, -0.2) is 0 Å². The van der Waals surface area contributed by atoms with Crippen LogP contribution in [0.2, 0.25) is 5.02 Å². The van der Waals surface area contributed by atoms with Crippen LogP contribution in [0.1, 0.15) is 11.7 Å². The van der Waals surface area contributed by atoms with Gasteiger partial charge in [0.25, 0.3) is 0 Å². The normalized spacial score (nSPS) is 12.8. The van der Waals surface area contributed by atoms with Gasteiger partial charge in [-0.1, -0.05) is 17.7 Å². The van der Waals surface area contributed by atoms with Crippen molar-refractivity contribution in [3.8, 4) is 0 Å². The van der Waals surface area contributed by atoms with Crippen LogP contribution in [0.4, 0.5) is 0 Å². The lowest BCUT2D eigenvalue weighted by molar-refractivity contribution is 0.0329. The zero-order chi connectivity index (χ0) is 11.3. The molecule has 0 aromatic heterocycles. The SMILES string of the molecule is NCC(OCCO)c1ccc(Br)c(Cl)c1. The summed E-state index contributed by atoms with van der Waals surface area (Å²) in [6.07, 6.45) is -0.220. The van der Waals surface area contributed by atoms with Crippen LogP contribution in [-0.4, -0.2) is 24.9 Å². The average Bonchev–Trinajstić information content (AvgIpc) is 2.24. The fraction of sp³-hybridized carbons (Fsp3) is 0.400. The summed E-state index contributed by atoms with van der Waals surface area (Å²) in [5, 5.41) is 9.28. The van der Waals surface area contributed by atoms with Crippen molar-refractivity contribution in [2.45, 2.75) is 6.10 Å². The predicted molar refractivity (Wildman–Crippen MR) is 64.0 cm³/mol. The fourth-order valence-corrected chi connectivity index (χ4v) is 1.64. The third kappa shape index (κ3) is 3.74. The number of hydrogen-bond donors (Lipinski definition) is 2. The van der Waals surface area contributed by atoms with Crippen molar-refractivity contribution in [1.82, 2.24) is 0 Å². The van der Waals surface area contributed by atoms with E-state index in [0.29, 0.717) is 11.6 Å². The fourth-order valence-electron chi connectivity index (χ4n) is 1.21. The lowest BCUT2D eigenvalue weighted by Gasteiger charge is -2.16. The predicted octanol–water partition coefficient (Wildman–Crippen LogP) is 2.11. The van der Waals surface area contributed by atoms with Crippen LogP contribution in [0.5, 0.6) is 0 Å². The number of aliphatic hydroxyl groups is 1. The molecule has 0 fully saturated rings. The van der Waals surface area contributed by atoms with E-state index in [-0.39, 0.29) is 19.3 Å². The standard InChI is InChI=1S/C10H13BrClNO2/c11-8-2-1-7(5-9(8)12)10(6-13)15-4-3-14/h1-2,5,10,14H,3-4,6,13H2. The number of ether oxygens (including phenoxy) is 1. The Morgan fingerprint density at radius 2 is 2.27 bits per heavy atom. The number of benzene rings is 1. The van der Waals surface area contributed by atoms with Crippen molar-refractivity contribution in [2.75, 3.05) is 19.8 Å². The van der Waals surface area contributed by atoms with Gasteiger partial charge in [-0.15, -0.1) is 0 Å². The largest absolute Gasteiger partial charge is 0.394 e. The highest BCUT2D eigenvalue weighted by atomic mass is 79.9. The summed E-state index contributed by atoms with van der Waals surface area (Å²) in [7, 11) is 0. The molecule has 0 saturated heterocycles. The Morgan fingerprint density at radius 3 is 2.80 bits per heavy atom. The molecule has 15 heavy (non-hydrogen) atoms. The van der Waals surface area contributed by atoms with Gasteiger partial charge in [0.1, 0.15) is 0 Å². The molecule has 0 heterocycles. The monoisotopic (exact) mass is 293 g/mol. The average molecular weight is 295 g/mol. The minimum Gasteiger partial charge on any atom is -0.394 e. The summed E-state index contributed by atoms with van der Waals surface area (Å²) in [5.74, 6) is 0. The molecule has 0 aliphatic heterocycles. The molecule has 0 spiro atoms. The third-order valence-corrected chi connectivity index (χ3v) is 3.17. The summed E-state index contributed by atoms with van der Waals surface area (Å²) in [5.41, 5.74) is 6.49. The third-order valence-electron chi connectivity index (χ3n) is 1.94. The van der Waals surface area contributed by atoms with Crippen molar-refractivity contribution < 1.29 is 9.84 Å². The number of rotatable bonds is 5. The number of nitrogens with two attached hydrogens (primary N) is 1. The summed E-state index contributed by atoms with van der Waals surface area (Å²) < 4.78 is 6.21. The molecule has 0 aliphatic rings. The molecule has 0 amide bonds. The highest BCUT2D eigenvalue weighted by Crippen LogP contribution is 2.26. The van der Waals surface area contributed by atoms with Gasteiger partial charge in [0.05, 0.1) is 24.3 Å². The molecule has 5 heteroatoms. The molecule has 1 atom stereocenters. The molecule has 0 aliphatic carbocycles.